The molecular weight excluding hydrogens is 278 g/mol. The maximum atomic E-state index is 11.6. The molecule has 1 aliphatic heterocycles. The van der Waals surface area contributed by atoms with Crippen LogP contribution in [0.5, 0.6) is 11.5 Å². The van der Waals surface area contributed by atoms with Gasteiger partial charge in [-0.05, 0) is 29.8 Å². The van der Waals surface area contributed by atoms with Crippen LogP contribution in [0.2, 0.25) is 0 Å². The molecule has 3 rings (SSSR count). The molecule has 2 amide bonds. The molecule has 22 heavy (non-hydrogen) atoms. The Kier molecular flexibility index (Phi) is 4.25. The minimum absolute atomic E-state index is 0.0643. The van der Waals surface area contributed by atoms with Crippen molar-refractivity contribution in [2.45, 2.75) is 6.04 Å². The van der Waals surface area contributed by atoms with Crippen LogP contribution in [0.3, 0.4) is 0 Å². The van der Waals surface area contributed by atoms with Crippen LogP contribution < -0.4 is 15.8 Å². The van der Waals surface area contributed by atoms with Gasteiger partial charge in [0, 0.05) is 19.6 Å². The summed E-state index contributed by atoms with van der Waals surface area (Å²) in [5.74, 6) is 1.53. The van der Waals surface area contributed by atoms with Crippen LogP contribution in [0.25, 0.3) is 0 Å². The molecule has 0 unspecified atom stereocenters. The number of piperazine rings is 1. The molecule has 0 bridgehead atoms. The lowest BCUT2D eigenvalue weighted by atomic mass is 10.0. The number of hydrogen-bond donors (Lipinski definition) is 2. The highest BCUT2D eigenvalue weighted by molar-refractivity contribution is 5.73. The molecule has 3 N–H and O–H groups in total. The minimum atomic E-state index is -0.388. The summed E-state index contributed by atoms with van der Waals surface area (Å²) >= 11 is 0. The third-order valence-electron chi connectivity index (χ3n) is 3.75. The van der Waals surface area contributed by atoms with Crippen molar-refractivity contribution in [3.63, 3.8) is 0 Å². The topological polar surface area (TPSA) is 67.6 Å². The van der Waals surface area contributed by atoms with Crippen LogP contribution in [0.4, 0.5) is 4.79 Å². The predicted molar refractivity (Wildman–Crippen MR) is 84.9 cm³/mol. The number of rotatable bonds is 3. The van der Waals surface area contributed by atoms with Gasteiger partial charge in [-0.1, -0.05) is 30.3 Å². The molecule has 0 aromatic heterocycles. The monoisotopic (exact) mass is 297 g/mol. The van der Waals surface area contributed by atoms with E-state index in [2.05, 4.69) is 5.32 Å². The number of nitrogens with zero attached hydrogens (tertiary/aromatic N) is 1. The molecule has 1 heterocycles. The van der Waals surface area contributed by atoms with Crippen molar-refractivity contribution in [2.24, 2.45) is 5.73 Å². The maximum Gasteiger partial charge on any atom is 0.315 e. The number of nitrogens with one attached hydrogen (secondary N) is 1. The first-order chi connectivity index (χ1) is 10.7. The van der Waals surface area contributed by atoms with Crippen molar-refractivity contribution in [3.05, 3.63) is 60.2 Å². The van der Waals surface area contributed by atoms with Gasteiger partial charge in [-0.15, -0.1) is 0 Å². The molecule has 2 aromatic carbocycles. The van der Waals surface area contributed by atoms with Crippen molar-refractivity contribution >= 4 is 6.03 Å². The quantitative estimate of drug-likeness (QED) is 0.914. The SMILES string of the molecule is NC(=O)N1CCNC[C@H]1c1cccc(Oc2ccccc2)c1. The molecule has 5 heteroatoms. The van der Waals surface area contributed by atoms with Crippen molar-refractivity contribution in [2.75, 3.05) is 19.6 Å². The standard InChI is InChI=1S/C17H19N3O2/c18-17(21)20-10-9-19-12-16(20)13-5-4-8-15(11-13)22-14-6-2-1-3-7-14/h1-8,11,16,19H,9-10,12H2,(H2,18,21)/t16-/m0/s1. The Morgan fingerprint density at radius 2 is 1.91 bits per heavy atom. The number of hydrogen-bond acceptors (Lipinski definition) is 3. The van der Waals surface area contributed by atoms with Gasteiger partial charge in [0.2, 0.25) is 0 Å². The van der Waals surface area contributed by atoms with Crippen LogP contribution in [0, 0.1) is 0 Å². The molecule has 5 nitrogen and oxygen atoms in total. The summed E-state index contributed by atoms with van der Waals surface area (Å²) in [4.78, 5) is 13.3. The zero-order chi connectivity index (χ0) is 15.4. The normalized spacial score (nSPS) is 18.0. The maximum absolute atomic E-state index is 11.6. The van der Waals surface area contributed by atoms with E-state index in [1.54, 1.807) is 4.90 Å². The Morgan fingerprint density at radius 1 is 1.14 bits per heavy atom. The summed E-state index contributed by atoms with van der Waals surface area (Å²) in [6.07, 6.45) is 0. The molecular formula is C17H19N3O2. The van der Waals surface area contributed by atoms with E-state index in [-0.39, 0.29) is 12.1 Å². The van der Waals surface area contributed by atoms with E-state index in [9.17, 15) is 4.79 Å². The molecule has 114 valence electrons. The molecule has 1 atom stereocenters. The van der Waals surface area contributed by atoms with E-state index in [0.717, 1.165) is 23.6 Å². The summed E-state index contributed by atoms with van der Waals surface area (Å²) in [6, 6.07) is 17.0. The number of primary amides is 1. The lowest BCUT2D eigenvalue weighted by Gasteiger charge is -2.35. The number of para-hydroxylation sites is 1. The first kappa shape index (κ1) is 14.4. The number of benzene rings is 2. The van der Waals surface area contributed by atoms with E-state index < -0.39 is 0 Å². The van der Waals surface area contributed by atoms with Gasteiger partial charge in [-0.25, -0.2) is 4.79 Å². The summed E-state index contributed by atoms with van der Waals surface area (Å²) in [5.41, 5.74) is 6.50. The van der Waals surface area contributed by atoms with Gasteiger partial charge in [0.15, 0.2) is 0 Å². The summed E-state index contributed by atoms with van der Waals surface area (Å²) in [7, 11) is 0. The summed E-state index contributed by atoms with van der Waals surface area (Å²) in [5, 5.41) is 3.30. The molecule has 0 aliphatic carbocycles. The van der Waals surface area contributed by atoms with Gasteiger partial charge in [-0.3, -0.25) is 0 Å². The number of nitrogens with two attached hydrogens (primary N) is 1. The Morgan fingerprint density at radius 3 is 2.68 bits per heavy atom. The van der Waals surface area contributed by atoms with Crippen LogP contribution in [0.1, 0.15) is 11.6 Å². The molecule has 1 aliphatic rings. The first-order valence-corrected chi connectivity index (χ1v) is 7.34. The van der Waals surface area contributed by atoms with E-state index >= 15 is 0 Å². The fourth-order valence-corrected chi connectivity index (χ4v) is 2.68. The first-order valence-electron chi connectivity index (χ1n) is 7.34. The second kappa shape index (κ2) is 6.49. The highest BCUT2D eigenvalue weighted by Crippen LogP contribution is 2.27. The van der Waals surface area contributed by atoms with Gasteiger partial charge < -0.3 is 20.7 Å². The Balaban J connectivity index is 1.82. The molecule has 0 spiro atoms. The van der Waals surface area contributed by atoms with Crippen molar-refractivity contribution in [3.8, 4) is 11.5 Å². The van der Waals surface area contributed by atoms with Crippen LogP contribution in [0.15, 0.2) is 54.6 Å². The molecule has 0 radical (unpaired) electrons. The van der Waals surface area contributed by atoms with E-state index in [1.165, 1.54) is 0 Å². The summed E-state index contributed by atoms with van der Waals surface area (Å²) < 4.78 is 5.85. The minimum Gasteiger partial charge on any atom is -0.457 e. The number of carbonyl (C=O) groups excluding carboxylic acids is 1. The molecule has 1 saturated heterocycles. The second-order valence-corrected chi connectivity index (χ2v) is 5.24. The van der Waals surface area contributed by atoms with Gasteiger partial charge in [0.05, 0.1) is 6.04 Å². The van der Waals surface area contributed by atoms with Crippen molar-refractivity contribution in [1.29, 1.82) is 0 Å². The highest BCUT2D eigenvalue weighted by Gasteiger charge is 2.26. The predicted octanol–water partition coefficient (Wildman–Crippen LogP) is 2.50. The van der Waals surface area contributed by atoms with Gasteiger partial charge >= 0.3 is 6.03 Å². The third-order valence-corrected chi connectivity index (χ3v) is 3.75. The third kappa shape index (κ3) is 3.20. The van der Waals surface area contributed by atoms with Gasteiger partial charge in [0.25, 0.3) is 0 Å². The Bertz CT molecular complexity index is 645. The highest BCUT2D eigenvalue weighted by atomic mass is 16.5. The molecule has 0 saturated carbocycles. The van der Waals surface area contributed by atoms with Crippen molar-refractivity contribution in [1.82, 2.24) is 10.2 Å². The average Bonchev–Trinajstić information content (AvgIpc) is 2.56. The molecule has 1 fully saturated rings. The average molecular weight is 297 g/mol. The smallest absolute Gasteiger partial charge is 0.315 e. The lowest BCUT2D eigenvalue weighted by Crippen LogP contribution is -2.50. The second-order valence-electron chi connectivity index (χ2n) is 5.24. The van der Waals surface area contributed by atoms with Crippen LogP contribution in [-0.4, -0.2) is 30.6 Å². The van der Waals surface area contributed by atoms with E-state index in [1.807, 2.05) is 54.6 Å². The van der Waals surface area contributed by atoms with Gasteiger partial charge in [-0.2, -0.15) is 0 Å². The summed E-state index contributed by atoms with van der Waals surface area (Å²) in [6.45, 7) is 2.07. The number of amides is 2. The zero-order valence-electron chi connectivity index (χ0n) is 12.2. The lowest BCUT2D eigenvalue weighted by molar-refractivity contribution is 0.167. The van der Waals surface area contributed by atoms with Crippen LogP contribution >= 0.6 is 0 Å². The Hall–Kier alpha value is -2.53. The number of ether oxygens (including phenoxy) is 1. The van der Waals surface area contributed by atoms with E-state index in [0.29, 0.717) is 13.1 Å². The molecule has 2 aromatic rings. The van der Waals surface area contributed by atoms with E-state index in [4.69, 9.17) is 10.5 Å². The largest absolute Gasteiger partial charge is 0.457 e. The van der Waals surface area contributed by atoms with Crippen molar-refractivity contribution < 1.29 is 9.53 Å². The van der Waals surface area contributed by atoms with Gasteiger partial charge in [0.1, 0.15) is 11.5 Å². The fourth-order valence-electron chi connectivity index (χ4n) is 2.68. The zero-order valence-corrected chi connectivity index (χ0v) is 12.2. The number of urea groups is 1. The fraction of sp³-hybridized carbons (Fsp3) is 0.235. The Labute approximate surface area is 129 Å². The number of carbonyl (C=O) groups is 1. The van der Waals surface area contributed by atoms with Crippen LogP contribution in [-0.2, 0) is 0 Å².